The lowest BCUT2D eigenvalue weighted by Crippen LogP contribution is -2.45. The molecule has 0 aliphatic carbocycles. The highest BCUT2D eigenvalue weighted by Gasteiger charge is 2.20. The quantitative estimate of drug-likeness (QED) is 0.0420. The number of carbonyl (C=O) groups is 1. The minimum absolute atomic E-state index is 0.0252. The standard InChI is InChI=1S/C63H121NO3/c1-3-5-7-9-11-13-15-17-19-21-23-25-27-28-29-30-31-32-33-34-35-36-37-39-41-43-45-47-49-51-53-55-57-59-63(67)64-61(60-65)62(66)58-56-54-52-50-48-46-44-42-40-38-26-24-22-20-18-16-14-12-10-8-6-4-2/h15,17,21,23,27-28,61-62,65-66H,3-14,16,18-20,22,24-26,29-60H2,1-2H3,(H,64,67)/b17-15-,23-21-,28-27-. The summed E-state index contributed by atoms with van der Waals surface area (Å²) < 4.78 is 0. The number of hydrogen-bond donors (Lipinski definition) is 3. The van der Waals surface area contributed by atoms with Gasteiger partial charge in [-0.3, -0.25) is 4.79 Å². The number of unbranched alkanes of at least 4 members (excludes halogenated alkanes) is 44. The molecular weight excluding hydrogens is 819 g/mol. The smallest absolute Gasteiger partial charge is 0.220 e. The molecular formula is C63H121NO3. The molecule has 0 saturated heterocycles. The highest BCUT2D eigenvalue weighted by atomic mass is 16.3. The summed E-state index contributed by atoms with van der Waals surface area (Å²) in [5.74, 6) is -0.0252. The van der Waals surface area contributed by atoms with Crippen LogP contribution in [0.1, 0.15) is 341 Å². The van der Waals surface area contributed by atoms with Crippen molar-refractivity contribution >= 4 is 5.91 Å². The van der Waals surface area contributed by atoms with Gasteiger partial charge in [0, 0.05) is 6.42 Å². The van der Waals surface area contributed by atoms with Gasteiger partial charge in [-0.2, -0.15) is 0 Å². The number of carbonyl (C=O) groups excluding carboxylic acids is 1. The van der Waals surface area contributed by atoms with Crippen LogP contribution in [0.15, 0.2) is 36.5 Å². The predicted octanol–water partition coefficient (Wildman–Crippen LogP) is 20.4. The lowest BCUT2D eigenvalue weighted by Gasteiger charge is -2.22. The van der Waals surface area contributed by atoms with Gasteiger partial charge in [0.25, 0.3) is 0 Å². The van der Waals surface area contributed by atoms with Gasteiger partial charge in [-0.05, 0) is 51.4 Å². The van der Waals surface area contributed by atoms with E-state index in [1.165, 1.54) is 276 Å². The molecule has 0 aromatic carbocycles. The normalized spacial score (nSPS) is 13.0. The van der Waals surface area contributed by atoms with Crippen LogP contribution in [-0.2, 0) is 4.79 Å². The molecule has 67 heavy (non-hydrogen) atoms. The topological polar surface area (TPSA) is 69.6 Å². The number of aliphatic hydroxyl groups excluding tert-OH is 2. The van der Waals surface area contributed by atoms with E-state index in [4.69, 9.17) is 0 Å². The van der Waals surface area contributed by atoms with E-state index in [-0.39, 0.29) is 12.5 Å². The molecule has 0 fully saturated rings. The largest absolute Gasteiger partial charge is 0.394 e. The second kappa shape index (κ2) is 58.9. The molecule has 0 aliphatic heterocycles. The summed E-state index contributed by atoms with van der Waals surface area (Å²) >= 11 is 0. The van der Waals surface area contributed by atoms with Gasteiger partial charge in [0.05, 0.1) is 18.8 Å². The van der Waals surface area contributed by atoms with Gasteiger partial charge in [0.2, 0.25) is 5.91 Å². The fourth-order valence-corrected chi connectivity index (χ4v) is 9.73. The van der Waals surface area contributed by atoms with Crippen LogP contribution in [0.3, 0.4) is 0 Å². The summed E-state index contributed by atoms with van der Waals surface area (Å²) in [5, 5.41) is 23.4. The summed E-state index contributed by atoms with van der Waals surface area (Å²) in [6.07, 6.45) is 80.1. The molecule has 2 unspecified atom stereocenters. The Bertz CT molecular complexity index is 1020. The lowest BCUT2D eigenvalue weighted by molar-refractivity contribution is -0.123. The Morgan fingerprint density at radius 3 is 0.910 bits per heavy atom. The van der Waals surface area contributed by atoms with Crippen molar-refractivity contribution in [2.75, 3.05) is 6.61 Å². The third-order valence-electron chi connectivity index (χ3n) is 14.4. The second-order valence-corrected chi connectivity index (χ2v) is 21.1. The van der Waals surface area contributed by atoms with Crippen LogP contribution in [0.5, 0.6) is 0 Å². The fraction of sp³-hybridized carbons (Fsp3) is 0.889. The van der Waals surface area contributed by atoms with Crippen molar-refractivity contribution in [2.24, 2.45) is 0 Å². The summed E-state index contributed by atoms with van der Waals surface area (Å²) in [7, 11) is 0. The van der Waals surface area contributed by atoms with Gasteiger partial charge in [-0.15, -0.1) is 0 Å². The van der Waals surface area contributed by atoms with Crippen molar-refractivity contribution in [1.82, 2.24) is 5.32 Å². The first kappa shape index (κ1) is 65.6. The summed E-state index contributed by atoms with van der Waals surface area (Å²) in [6, 6.07) is -0.536. The van der Waals surface area contributed by atoms with E-state index < -0.39 is 12.1 Å². The first-order valence-electron chi connectivity index (χ1n) is 30.7. The highest BCUT2D eigenvalue weighted by molar-refractivity contribution is 5.76. The molecule has 0 aromatic heterocycles. The van der Waals surface area contributed by atoms with Crippen molar-refractivity contribution in [3.63, 3.8) is 0 Å². The van der Waals surface area contributed by atoms with Gasteiger partial charge in [-0.25, -0.2) is 0 Å². The van der Waals surface area contributed by atoms with Crippen LogP contribution in [-0.4, -0.2) is 34.9 Å². The Morgan fingerprint density at radius 2 is 0.612 bits per heavy atom. The predicted molar refractivity (Wildman–Crippen MR) is 299 cm³/mol. The molecule has 0 bridgehead atoms. The Kier molecular flexibility index (Phi) is 57.7. The minimum Gasteiger partial charge on any atom is -0.394 e. The van der Waals surface area contributed by atoms with Gasteiger partial charge < -0.3 is 15.5 Å². The van der Waals surface area contributed by atoms with Crippen molar-refractivity contribution < 1.29 is 15.0 Å². The van der Waals surface area contributed by atoms with Gasteiger partial charge in [0.1, 0.15) is 0 Å². The highest BCUT2D eigenvalue weighted by Crippen LogP contribution is 2.18. The van der Waals surface area contributed by atoms with E-state index in [9.17, 15) is 15.0 Å². The van der Waals surface area contributed by atoms with Crippen LogP contribution in [0, 0.1) is 0 Å². The number of nitrogens with one attached hydrogen (secondary N) is 1. The molecule has 0 spiro atoms. The fourth-order valence-electron chi connectivity index (χ4n) is 9.73. The number of allylic oxidation sites excluding steroid dienone is 6. The zero-order valence-corrected chi connectivity index (χ0v) is 45.7. The van der Waals surface area contributed by atoms with Gasteiger partial charge in [-0.1, -0.05) is 320 Å². The molecule has 2 atom stereocenters. The Balaban J connectivity index is 3.42. The van der Waals surface area contributed by atoms with Crippen LogP contribution >= 0.6 is 0 Å². The van der Waals surface area contributed by atoms with Crippen LogP contribution < -0.4 is 5.32 Å². The zero-order chi connectivity index (χ0) is 48.5. The molecule has 4 heteroatoms. The molecule has 3 N–H and O–H groups in total. The first-order chi connectivity index (χ1) is 33.2. The van der Waals surface area contributed by atoms with E-state index in [0.717, 1.165) is 38.5 Å². The molecule has 0 heterocycles. The van der Waals surface area contributed by atoms with Crippen molar-refractivity contribution in [3.8, 4) is 0 Å². The van der Waals surface area contributed by atoms with Crippen molar-refractivity contribution in [3.05, 3.63) is 36.5 Å². The molecule has 0 saturated carbocycles. The maximum atomic E-state index is 12.5. The average Bonchev–Trinajstić information content (AvgIpc) is 3.33. The zero-order valence-electron chi connectivity index (χ0n) is 45.7. The van der Waals surface area contributed by atoms with Crippen LogP contribution in [0.4, 0.5) is 0 Å². The second-order valence-electron chi connectivity index (χ2n) is 21.1. The maximum Gasteiger partial charge on any atom is 0.220 e. The van der Waals surface area contributed by atoms with Crippen molar-refractivity contribution in [2.45, 2.75) is 353 Å². The molecule has 0 aromatic rings. The molecule has 1 amide bonds. The first-order valence-corrected chi connectivity index (χ1v) is 30.7. The van der Waals surface area contributed by atoms with Crippen molar-refractivity contribution in [1.29, 1.82) is 0 Å². The molecule has 4 nitrogen and oxygen atoms in total. The van der Waals surface area contributed by atoms with Gasteiger partial charge >= 0.3 is 0 Å². The SMILES string of the molecule is CCCCCCC/C=C\C/C=C\C/C=C\CCCCCCCCCCCCCCCCCCCCC(=O)NC(CO)C(O)CCCCCCCCCCCCCCCCCCCCCCCC. The average molecular weight is 941 g/mol. The Labute approximate surface area is 421 Å². The van der Waals surface area contributed by atoms with E-state index in [0.29, 0.717) is 12.8 Å². The van der Waals surface area contributed by atoms with E-state index >= 15 is 0 Å². The third-order valence-corrected chi connectivity index (χ3v) is 14.4. The van der Waals surface area contributed by atoms with E-state index in [1.54, 1.807) is 0 Å². The number of rotatable bonds is 57. The monoisotopic (exact) mass is 940 g/mol. The molecule has 0 rings (SSSR count). The lowest BCUT2D eigenvalue weighted by atomic mass is 10.0. The van der Waals surface area contributed by atoms with E-state index in [1.807, 2.05) is 0 Å². The molecule has 0 radical (unpaired) electrons. The number of hydrogen-bond acceptors (Lipinski definition) is 3. The Hall–Kier alpha value is -1.39. The summed E-state index contributed by atoms with van der Waals surface area (Å²) in [5.41, 5.74) is 0. The summed E-state index contributed by atoms with van der Waals surface area (Å²) in [4.78, 5) is 12.5. The Morgan fingerprint density at radius 1 is 0.358 bits per heavy atom. The number of amides is 1. The maximum absolute atomic E-state index is 12.5. The molecule has 0 aliphatic rings. The van der Waals surface area contributed by atoms with Gasteiger partial charge in [0.15, 0.2) is 0 Å². The number of aliphatic hydroxyl groups is 2. The van der Waals surface area contributed by atoms with E-state index in [2.05, 4.69) is 55.6 Å². The third kappa shape index (κ3) is 55.4. The molecule has 396 valence electrons. The summed E-state index contributed by atoms with van der Waals surface area (Å²) in [6.45, 7) is 4.38. The van der Waals surface area contributed by atoms with Crippen LogP contribution in [0.2, 0.25) is 0 Å². The van der Waals surface area contributed by atoms with Crippen LogP contribution in [0.25, 0.3) is 0 Å². The minimum atomic E-state index is -0.659.